The van der Waals surface area contributed by atoms with Crippen LogP contribution in [-0.4, -0.2) is 30.2 Å². The summed E-state index contributed by atoms with van der Waals surface area (Å²) in [5, 5.41) is 11.5. The molecule has 0 fully saturated rings. The summed E-state index contributed by atoms with van der Waals surface area (Å²) in [7, 11) is 0. The van der Waals surface area contributed by atoms with E-state index >= 15 is 0 Å². The third kappa shape index (κ3) is 2.18. The number of nitrogens with zero attached hydrogens (tertiary/aromatic N) is 5. The highest BCUT2D eigenvalue weighted by Gasteiger charge is 2.15. The van der Waals surface area contributed by atoms with Crippen molar-refractivity contribution in [2.75, 3.05) is 0 Å². The lowest BCUT2D eigenvalue weighted by Crippen LogP contribution is -2.15. The van der Waals surface area contributed by atoms with E-state index < -0.39 is 0 Å². The standard InChI is InChI=1S/C13H14N6O/c1-2-3-8-19-12(16-17-18-19)11-13(20)15-10-7-5-4-6-9(10)14-11/h4-7H,2-3,8H2,1H3,(H,15,20). The Kier molecular flexibility index (Phi) is 3.24. The predicted molar refractivity (Wildman–Crippen MR) is 74.1 cm³/mol. The molecule has 0 atom stereocenters. The number of hydrogen-bond acceptors (Lipinski definition) is 5. The van der Waals surface area contributed by atoms with Gasteiger partial charge in [-0.2, -0.15) is 0 Å². The summed E-state index contributed by atoms with van der Waals surface area (Å²) >= 11 is 0. The van der Waals surface area contributed by atoms with Crippen LogP contribution >= 0.6 is 0 Å². The second-order valence-corrected chi connectivity index (χ2v) is 4.51. The number of tetrazole rings is 1. The fourth-order valence-electron chi connectivity index (χ4n) is 2.01. The molecule has 0 radical (unpaired) electrons. The van der Waals surface area contributed by atoms with E-state index in [2.05, 4.69) is 32.4 Å². The van der Waals surface area contributed by atoms with Crippen molar-refractivity contribution in [2.24, 2.45) is 0 Å². The maximum atomic E-state index is 12.1. The van der Waals surface area contributed by atoms with Gasteiger partial charge in [0.1, 0.15) is 0 Å². The van der Waals surface area contributed by atoms with E-state index in [0.29, 0.717) is 23.4 Å². The summed E-state index contributed by atoms with van der Waals surface area (Å²) in [4.78, 5) is 19.3. The lowest BCUT2D eigenvalue weighted by Gasteiger charge is -2.03. The molecule has 0 unspecified atom stereocenters. The molecule has 3 rings (SSSR count). The van der Waals surface area contributed by atoms with E-state index in [1.165, 1.54) is 0 Å². The Balaban J connectivity index is 2.12. The van der Waals surface area contributed by atoms with Crippen molar-refractivity contribution in [2.45, 2.75) is 26.3 Å². The fraction of sp³-hybridized carbons (Fsp3) is 0.308. The van der Waals surface area contributed by atoms with Gasteiger partial charge in [-0.15, -0.1) is 5.10 Å². The molecule has 0 aliphatic carbocycles. The van der Waals surface area contributed by atoms with Gasteiger partial charge in [-0.25, -0.2) is 9.67 Å². The number of nitrogens with one attached hydrogen (secondary N) is 1. The number of para-hydroxylation sites is 2. The first-order chi connectivity index (χ1) is 9.79. The molecule has 0 spiro atoms. The molecular formula is C13H14N6O. The molecule has 0 saturated heterocycles. The van der Waals surface area contributed by atoms with Crippen LogP contribution in [0.15, 0.2) is 29.1 Å². The van der Waals surface area contributed by atoms with Gasteiger partial charge in [0.25, 0.3) is 5.56 Å². The minimum atomic E-state index is -0.281. The summed E-state index contributed by atoms with van der Waals surface area (Å²) in [5.41, 5.74) is 1.39. The van der Waals surface area contributed by atoms with Crippen LogP contribution in [0.4, 0.5) is 0 Å². The van der Waals surface area contributed by atoms with Crippen molar-refractivity contribution in [1.29, 1.82) is 0 Å². The van der Waals surface area contributed by atoms with E-state index in [-0.39, 0.29) is 11.3 Å². The lowest BCUT2D eigenvalue weighted by atomic mass is 10.3. The molecule has 0 saturated carbocycles. The number of rotatable bonds is 4. The molecule has 3 aromatic rings. The van der Waals surface area contributed by atoms with E-state index in [4.69, 9.17) is 0 Å². The zero-order valence-corrected chi connectivity index (χ0v) is 11.1. The number of unbranched alkanes of at least 4 members (excludes halogenated alkanes) is 1. The smallest absolute Gasteiger partial charge is 0.278 e. The number of aryl methyl sites for hydroxylation is 1. The first-order valence-corrected chi connectivity index (χ1v) is 6.55. The Hall–Kier alpha value is -2.57. The highest BCUT2D eigenvalue weighted by molar-refractivity contribution is 5.75. The molecule has 0 aliphatic rings. The Bertz CT molecular complexity index is 791. The fourth-order valence-corrected chi connectivity index (χ4v) is 2.01. The van der Waals surface area contributed by atoms with E-state index in [1.54, 1.807) is 4.68 Å². The highest BCUT2D eigenvalue weighted by Crippen LogP contribution is 2.13. The highest BCUT2D eigenvalue weighted by atomic mass is 16.1. The number of H-pyrrole nitrogens is 1. The molecule has 0 bridgehead atoms. The zero-order valence-electron chi connectivity index (χ0n) is 11.1. The first-order valence-electron chi connectivity index (χ1n) is 6.55. The van der Waals surface area contributed by atoms with E-state index in [9.17, 15) is 4.79 Å². The first kappa shape index (κ1) is 12.5. The topological polar surface area (TPSA) is 89.3 Å². The molecule has 102 valence electrons. The summed E-state index contributed by atoms with van der Waals surface area (Å²) in [5.74, 6) is 0.408. The third-order valence-electron chi connectivity index (χ3n) is 3.07. The molecular weight excluding hydrogens is 256 g/mol. The van der Waals surface area contributed by atoms with Crippen LogP contribution in [0.2, 0.25) is 0 Å². The SMILES string of the molecule is CCCCn1nnnc1-c1nc2ccccc2[nH]c1=O. The molecule has 0 amide bonds. The molecule has 20 heavy (non-hydrogen) atoms. The van der Waals surface area contributed by atoms with Gasteiger partial charge in [-0.1, -0.05) is 25.5 Å². The predicted octanol–water partition coefficient (Wildman–Crippen LogP) is 1.38. The van der Waals surface area contributed by atoms with Gasteiger partial charge in [0.2, 0.25) is 5.82 Å². The van der Waals surface area contributed by atoms with Gasteiger partial charge in [-0.3, -0.25) is 4.79 Å². The van der Waals surface area contributed by atoms with Crippen molar-refractivity contribution in [3.8, 4) is 11.5 Å². The van der Waals surface area contributed by atoms with Crippen molar-refractivity contribution >= 4 is 11.0 Å². The number of fused-ring (bicyclic) bond motifs is 1. The van der Waals surface area contributed by atoms with Gasteiger partial charge in [0.15, 0.2) is 5.69 Å². The number of hydrogen-bond donors (Lipinski definition) is 1. The van der Waals surface area contributed by atoms with Crippen LogP contribution in [0.3, 0.4) is 0 Å². The van der Waals surface area contributed by atoms with E-state index in [0.717, 1.165) is 12.8 Å². The van der Waals surface area contributed by atoms with Crippen LogP contribution in [-0.2, 0) is 6.54 Å². The summed E-state index contributed by atoms with van der Waals surface area (Å²) in [6.07, 6.45) is 1.98. The molecule has 1 aromatic carbocycles. The van der Waals surface area contributed by atoms with Crippen molar-refractivity contribution in [1.82, 2.24) is 30.2 Å². The second-order valence-electron chi connectivity index (χ2n) is 4.51. The minimum Gasteiger partial charge on any atom is -0.319 e. The average molecular weight is 270 g/mol. The van der Waals surface area contributed by atoms with Crippen LogP contribution in [0.25, 0.3) is 22.6 Å². The Labute approximate surface area is 114 Å². The Morgan fingerprint density at radius 3 is 3.00 bits per heavy atom. The third-order valence-corrected chi connectivity index (χ3v) is 3.07. The summed E-state index contributed by atoms with van der Waals surface area (Å²) < 4.78 is 1.62. The van der Waals surface area contributed by atoms with Gasteiger partial charge in [0.05, 0.1) is 11.0 Å². The lowest BCUT2D eigenvalue weighted by molar-refractivity contribution is 0.556. The second kappa shape index (κ2) is 5.20. The summed E-state index contributed by atoms with van der Waals surface area (Å²) in [6.45, 7) is 2.76. The number of aromatic amines is 1. The van der Waals surface area contributed by atoms with Crippen LogP contribution in [0.5, 0.6) is 0 Å². The molecule has 1 N–H and O–H groups in total. The van der Waals surface area contributed by atoms with Gasteiger partial charge < -0.3 is 4.98 Å². The van der Waals surface area contributed by atoms with Crippen LogP contribution in [0.1, 0.15) is 19.8 Å². The van der Waals surface area contributed by atoms with E-state index in [1.807, 2.05) is 24.3 Å². The monoisotopic (exact) mass is 270 g/mol. The summed E-state index contributed by atoms with van der Waals surface area (Å²) in [6, 6.07) is 7.38. The molecule has 2 heterocycles. The minimum absolute atomic E-state index is 0.254. The van der Waals surface area contributed by atoms with Crippen LogP contribution in [0, 0.1) is 0 Å². The molecule has 2 aromatic heterocycles. The van der Waals surface area contributed by atoms with Crippen molar-refractivity contribution < 1.29 is 0 Å². The quantitative estimate of drug-likeness (QED) is 0.773. The molecule has 0 aliphatic heterocycles. The molecule has 7 nitrogen and oxygen atoms in total. The van der Waals surface area contributed by atoms with Crippen molar-refractivity contribution in [3.05, 3.63) is 34.6 Å². The Morgan fingerprint density at radius 2 is 2.15 bits per heavy atom. The maximum absolute atomic E-state index is 12.1. The van der Waals surface area contributed by atoms with Crippen molar-refractivity contribution in [3.63, 3.8) is 0 Å². The average Bonchev–Trinajstić information content (AvgIpc) is 2.92. The Morgan fingerprint density at radius 1 is 1.30 bits per heavy atom. The maximum Gasteiger partial charge on any atom is 0.278 e. The normalized spacial score (nSPS) is 11.1. The van der Waals surface area contributed by atoms with Gasteiger partial charge in [0, 0.05) is 6.54 Å². The molecule has 7 heteroatoms. The number of benzene rings is 1. The zero-order chi connectivity index (χ0) is 13.9. The van der Waals surface area contributed by atoms with Crippen LogP contribution < -0.4 is 5.56 Å². The van der Waals surface area contributed by atoms with Gasteiger partial charge in [-0.05, 0) is 29.0 Å². The van der Waals surface area contributed by atoms with Gasteiger partial charge >= 0.3 is 0 Å². The largest absolute Gasteiger partial charge is 0.319 e. The number of aromatic nitrogens is 6.